The van der Waals surface area contributed by atoms with Crippen LogP contribution in [0, 0.1) is 5.95 Å². The number of hydrogen-bond donors (Lipinski definition) is 2. The summed E-state index contributed by atoms with van der Waals surface area (Å²) in [5.41, 5.74) is 6.71. The lowest BCUT2D eigenvalue weighted by molar-refractivity contribution is -0.124. The van der Waals surface area contributed by atoms with Gasteiger partial charge < -0.3 is 5.73 Å². The smallest absolute Gasteiger partial charge is 0.275 e. The van der Waals surface area contributed by atoms with Crippen molar-refractivity contribution in [2.75, 3.05) is 6.61 Å². The number of nitrogens with zero attached hydrogens (tertiary/aromatic N) is 1. The Bertz CT molecular complexity index is 383. The van der Waals surface area contributed by atoms with Crippen LogP contribution in [0.15, 0.2) is 18.3 Å². The summed E-state index contributed by atoms with van der Waals surface area (Å²) in [4.78, 5) is 29.1. The first-order valence-electron chi connectivity index (χ1n) is 3.91. The summed E-state index contributed by atoms with van der Waals surface area (Å²) >= 11 is 0. The highest BCUT2D eigenvalue weighted by molar-refractivity contribution is 5.93. The van der Waals surface area contributed by atoms with Crippen LogP contribution < -0.4 is 11.2 Å². The molecule has 1 aromatic heterocycles. The quantitative estimate of drug-likeness (QED) is 0.514. The van der Waals surface area contributed by atoms with Gasteiger partial charge in [-0.3, -0.25) is 14.4 Å². The number of rotatable bonds is 4. The van der Waals surface area contributed by atoms with Crippen LogP contribution in [-0.4, -0.2) is 23.4 Å². The molecule has 0 atom stereocenters. The standard InChI is InChI=1S/C8H8FN3O3/c9-6-3-5(1-2-11-6)8(14)12-15-4-7(10)13/h1-3H,4H2,(H2,10,13)(H,12,14). The molecule has 0 aliphatic rings. The van der Waals surface area contributed by atoms with Gasteiger partial charge in [-0.1, -0.05) is 0 Å². The van der Waals surface area contributed by atoms with Crippen molar-refractivity contribution in [3.05, 3.63) is 29.8 Å². The predicted octanol–water partition coefficient (Wildman–Crippen LogP) is -0.633. The molecule has 0 saturated heterocycles. The molecule has 1 aromatic rings. The highest BCUT2D eigenvalue weighted by Crippen LogP contribution is 1.99. The molecule has 0 aromatic carbocycles. The first kappa shape index (κ1) is 11.1. The highest BCUT2D eigenvalue weighted by Gasteiger charge is 2.07. The van der Waals surface area contributed by atoms with Gasteiger partial charge in [0.2, 0.25) is 11.9 Å². The number of aromatic nitrogens is 1. The van der Waals surface area contributed by atoms with E-state index in [1.807, 2.05) is 5.48 Å². The summed E-state index contributed by atoms with van der Waals surface area (Å²) in [6.07, 6.45) is 1.14. The lowest BCUT2D eigenvalue weighted by Gasteiger charge is -2.03. The van der Waals surface area contributed by atoms with Crippen LogP contribution in [0.2, 0.25) is 0 Å². The lowest BCUT2D eigenvalue weighted by atomic mass is 10.2. The molecule has 0 aliphatic carbocycles. The summed E-state index contributed by atoms with van der Waals surface area (Å²) in [6.45, 7) is -0.445. The van der Waals surface area contributed by atoms with Gasteiger partial charge >= 0.3 is 0 Å². The second kappa shape index (κ2) is 5.01. The van der Waals surface area contributed by atoms with E-state index in [1.165, 1.54) is 6.07 Å². The average Bonchev–Trinajstić information content (AvgIpc) is 2.17. The van der Waals surface area contributed by atoms with Gasteiger partial charge in [0.25, 0.3) is 5.91 Å². The Kier molecular flexibility index (Phi) is 3.69. The Hall–Kier alpha value is -2.02. The fourth-order valence-corrected chi connectivity index (χ4v) is 0.775. The monoisotopic (exact) mass is 213 g/mol. The molecule has 1 rings (SSSR count). The molecule has 0 saturated carbocycles. The topological polar surface area (TPSA) is 94.3 Å². The number of hydrogen-bond acceptors (Lipinski definition) is 4. The average molecular weight is 213 g/mol. The van der Waals surface area contributed by atoms with E-state index in [0.29, 0.717) is 0 Å². The third-order valence-electron chi connectivity index (χ3n) is 1.37. The number of nitrogens with two attached hydrogens (primary N) is 1. The van der Waals surface area contributed by atoms with Crippen molar-refractivity contribution in [3.8, 4) is 0 Å². The first-order valence-corrected chi connectivity index (χ1v) is 3.91. The van der Waals surface area contributed by atoms with Gasteiger partial charge in [-0.2, -0.15) is 4.39 Å². The molecule has 2 amide bonds. The van der Waals surface area contributed by atoms with Crippen molar-refractivity contribution in [1.29, 1.82) is 0 Å². The van der Waals surface area contributed by atoms with E-state index in [-0.39, 0.29) is 5.56 Å². The van der Waals surface area contributed by atoms with E-state index in [9.17, 15) is 14.0 Å². The Labute approximate surface area is 84.2 Å². The molecular weight excluding hydrogens is 205 g/mol. The van der Waals surface area contributed by atoms with Crippen LogP contribution in [0.4, 0.5) is 4.39 Å². The zero-order chi connectivity index (χ0) is 11.3. The molecular formula is C8H8FN3O3. The van der Waals surface area contributed by atoms with Gasteiger partial charge in [0, 0.05) is 17.8 Å². The Morgan fingerprint density at radius 2 is 2.33 bits per heavy atom. The second-order valence-corrected chi connectivity index (χ2v) is 2.55. The molecule has 0 bridgehead atoms. The highest BCUT2D eigenvalue weighted by atomic mass is 19.1. The molecule has 0 aliphatic heterocycles. The number of carbonyl (C=O) groups is 2. The molecule has 0 fully saturated rings. The third-order valence-corrected chi connectivity index (χ3v) is 1.37. The van der Waals surface area contributed by atoms with Crippen molar-refractivity contribution < 1.29 is 18.8 Å². The van der Waals surface area contributed by atoms with Crippen molar-refractivity contribution >= 4 is 11.8 Å². The van der Waals surface area contributed by atoms with E-state index in [1.54, 1.807) is 0 Å². The molecule has 7 heteroatoms. The maximum absolute atomic E-state index is 12.6. The summed E-state index contributed by atoms with van der Waals surface area (Å²) in [5.74, 6) is -2.19. The summed E-state index contributed by atoms with van der Waals surface area (Å²) in [7, 11) is 0. The van der Waals surface area contributed by atoms with Crippen LogP contribution in [0.5, 0.6) is 0 Å². The second-order valence-electron chi connectivity index (χ2n) is 2.55. The lowest BCUT2D eigenvalue weighted by Crippen LogP contribution is -2.29. The van der Waals surface area contributed by atoms with E-state index in [4.69, 9.17) is 5.73 Å². The van der Waals surface area contributed by atoms with Crippen molar-refractivity contribution in [1.82, 2.24) is 10.5 Å². The summed E-state index contributed by atoms with van der Waals surface area (Å²) < 4.78 is 12.6. The summed E-state index contributed by atoms with van der Waals surface area (Å²) in [6, 6.07) is 2.23. The van der Waals surface area contributed by atoms with E-state index < -0.39 is 24.4 Å². The van der Waals surface area contributed by atoms with Gasteiger partial charge in [0.05, 0.1) is 0 Å². The molecule has 0 radical (unpaired) electrons. The van der Waals surface area contributed by atoms with Gasteiger partial charge in [0.1, 0.15) is 0 Å². The van der Waals surface area contributed by atoms with Crippen LogP contribution in [0.3, 0.4) is 0 Å². The number of pyridine rings is 1. The molecule has 0 spiro atoms. The number of carbonyl (C=O) groups excluding carboxylic acids is 2. The maximum atomic E-state index is 12.6. The zero-order valence-electron chi connectivity index (χ0n) is 7.57. The number of primary amides is 1. The first-order chi connectivity index (χ1) is 7.09. The number of nitrogens with one attached hydrogen (secondary N) is 1. The minimum absolute atomic E-state index is 0.0342. The van der Waals surface area contributed by atoms with Crippen LogP contribution in [0.1, 0.15) is 10.4 Å². The number of halogens is 1. The van der Waals surface area contributed by atoms with Gasteiger partial charge in [-0.25, -0.2) is 10.5 Å². The fraction of sp³-hybridized carbons (Fsp3) is 0.125. The third kappa shape index (κ3) is 3.69. The van der Waals surface area contributed by atoms with Crippen molar-refractivity contribution in [2.45, 2.75) is 0 Å². The zero-order valence-corrected chi connectivity index (χ0v) is 7.57. The van der Waals surface area contributed by atoms with Gasteiger partial charge in [-0.05, 0) is 6.07 Å². The normalized spacial score (nSPS) is 9.67. The molecule has 6 nitrogen and oxygen atoms in total. The van der Waals surface area contributed by atoms with E-state index in [0.717, 1.165) is 12.3 Å². The van der Waals surface area contributed by atoms with Crippen LogP contribution >= 0.6 is 0 Å². The fourth-order valence-electron chi connectivity index (χ4n) is 0.775. The number of hydroxylamine groups is 1. The van der Waals surface area contributed by atoms with Crippen molar-refractivity contribution in [2.24, 2.45) is 5.73 Å². The van der Waals surface area contributed by atoms with E-state index >= 15 is 0 Å². The Balaban J connectivity index is 2.50. The molecule has 1 heterocycles. The Morgan fingerprint density at radius 3 is 2.93 bits per heavy atom. The summed E-state index contributed by atoms with van der Waals surface area (Å²) in [5, 5.41) is 0. The molecule has 15 heavy (non-hydrogen) atoms. The molecule has 0 unspecified atom stereocenters. The van der Waals surface area contributed by atoms with Crippen molar-refractivity contribution in [3.63, 3.8) is 0 Å². The van der Waals surface area contributed by atoms with E-state index in [2.05, 4.69) is 9.82 Å². The Morgan fingerprint density at radius 1 is 1.60 bits per heavy atom. The predicted molar refractivity (Wildman–Crippen MR) is 46.8 cm³/mol. The van der Waals surface area contributed by atoms with Crippen LogP contribution in [0.25, 0.3) is 0 Å². The van der Waals surface area contributed by atoms with Gasteiger partial charge in [0.15, 0.2) is 6.61 Å². The largest absolute Gasteiger partial charge is 0.368 e. The van der Waals surface area contributed by atoms with Gasteiger partial charge in [-0.15, -0.1) is 0 Å². The maximum Gasteiger partial charge on any atom is 0.275 e. The van der Waals surface area contributed by atoms with Crippen LogP contribution in [-0.2, 0) is 9.63 Å². The number of amides is 2. The SMILES string of the molecule is NC(=O)CONC(=O)c1ccnc(F)c1. The molecule has 80 valence electrons. The minimum atomic E-state index is -0.780. The molecule has 3 N–H and O–H groups in total. The minimum Gasteiger partial charge on any atom is -0.368 e.